The molecular formula is C16H10Cl2FN3O. The first-order valence-corrected chi connectivity index (χ1v) is 7.14. The van der Waals surface area contributed by atoms with Crippen LogP contribution in [0.2, 0.25) is 10.0 Å². The number of nitrogens with zero attached hydrogens (tertiary/aromatic N) is 1. The summed E-state index contributed by atoms with van der Waals surface area (Å²) < 4.78 is 12.8. The van der Waals surface area contributed by atoms with Crippen molar-refractivity contribution in [2.75, 3.05) is 10.6 Å². The molecule has 7 heteroatoms. The molecule has 116 valence electrons. The molecule has 0 aliphatic rings. The molecule has 2 aromatic rings. The molecule has 4 nitrogen and oxygen atoms in total. The van der Waals surface area contributed by atoms with Crippen LogP contribution in [0, 0.1) is 17.1 Å². The van der Waals surface area contributed by atoms with Gasteiger partial charge in [0.15, 0.2) is 0 Å². The first-order valence-electron chi connectivity index (χ1n) is 6.39. The number of hydrogen-bond acceptors (Lipinski definition) is 3. The minimum absolute atomic E-state index is 0.176. The van der Waals surface area contributed by atoms with E-state index in [2.05, 4.69) is 10.6 Å². The van der Waals surface area contributed by atoms with E-state index in [0.717, 1.165) is 0 Å². The van der Waals surface area contributed by atoms with Crippen LogP contribution in [0.5, 0.6) is 0 Å². The zero-order valence-corrected chi connectivity index (χ0v) is 13.1. The second kappa shape index (κ2) is 7.63. The summed E-state index contributed by atoms with van der Waals surface area (Å²) in [6.45, 7) is 0. The number of carbonyl (C=O) groups is 1. The van der Waals surface area contributed by atoms with Crippen molar-refractivity contribution in [3.63, 3.8) is 0 Å². The highest BCUT2D eigenvalue weighted by Gasteiger charge is 2.12. The Labute approximate surface area is 142 Å². The normalized spacial score (nSPS) is 10.8. The monoisotopic (exact) mass is 349 g/mol. The van der Waals surface area contributed by atoms with E-state index in [1.165, 1.54) is 30.5 Å². The van der Waals surface area contributed by atoms with E-state index in [0.29, 0.717) is 11.4 Å². The van der Waals surface area contributed by atoms with Crippen LogP contribution in [0.3, 0.4) is 0 Å². The lowest BCUT2D eigenvalue weighted by atomic mass is 10.2. The number of nitriles is 1. The Morgan fingerprint density at radius 1 is 1.17 bits per heavy atom. The van der Waals surface area contributed by atoms with Crippen molar-refractivity contribution in [3.8, 4) is 6.07 Å². The number of hydrogen-bond donors (Lipinski definition) is 2. The van der Waals surface area contributed by atoms with Gasteiger partial charge in [0.05, 0.1) is 15.7 Å². The first-order chi connectivity index (χ1) is 11.0. The molecule has 2 N–H and O–H groups in total. The van der Waals surface area contributed by atoms with Crippen LogP contribution >= 0.6 is 23.2 Å². The lowest BCUT2D eigenvalue weighted by molar-refractivity contribution is -0.112. The molecule has 0 saturated carbocycles. The summed E-state index contributed by atoms with van der Waals surface area (Å²) in [6, 6.07) is 12.0. The van der Waals surface area contributed by atoms with Crippen LogP contribution < -0.4 is 10.6 Å². The van der Waals surface area contributed by atoms with Gasteiger partial charge in [-0.1, -0.05) is 29.3 Å². The number of nitrogens with one attached hydrogen (secondary N) is 2. The molecule has 0 aromatic heterocycles. The van der Waals surface area contributed by atoms with Gasteiger partial charge in [-0.15, -0.1) is 0 Å². The SMILES string of the molecule is N#C/C(=C/Nc1ccc(F)cc1)C(=O)Nc1cccc(Cl)c1Cl. The number of amides is 1. The fourth-order valence-corrected chi connectivity index (χ4v) is 1.99. The van der Waals surface area contributed by atoms with Crippen molar-refractivity contribution in [1.82, 2.24) is 0 Å². The fraction of sp³-hybridized carbons (Fsp3) is 0. The van der Waals surface area contributed by atoms with Crippen molar-refractivity contribution < 1.29 is 9.18 Å². The van der Waals surface area contributed by atoms with Gasteiger partial charge in [-0.2, -0.15) is 5.26 Å². The Kier molecular flexibility index (Phi) is 5.58. The van der Waals surface area contributed by atoms with Gasteiger partial charge in [-0.3, -0.25) is 4.79 Å². The van der Waals surface area contributed by atoms with Crippen molar-refractivity contribution in [2.24, 2.45) is 0 Å². The Morgan fingerprint density at radius 2 is 1.87 bits per heavy atom. The van der Waals surface area contributed by atoms with Crippen LogP contribution in [-0.2, 0) is 4.79 Å². The smallest absolute Gasteiger partial charge is 0.267 e. The minimum atomic E-state index is -0.647. The Hall–Kier alpha value is -2.55. The predicted molar refractivity (Wildman–Crippen MR) is 88.8 cm³/mol. The van der Waals surface area contributed by atoms with Gasteiger partial charge >= 0.3 is 0 Å². The Balaban J connectivity index is 2.12. The number of anilines is 2. The fourth-order valence-electron chi connectivity index (χ4n) is 1.64. The molecule has 0 radical (unpaired) electrons. The van der Waals surface area contributed by atoms with E-state index in [1.54, 1.807) is 24.3 Å². The quantitative estimate of drug-likeness (QED) is 0.626. The molecule has 1 amide bonds. The molecule has 0 heterocycles. The van der Waals surface area contributed by atoms with E-state index in [4.69, 9.17) is 28.5 Å². The Bertz CT molecular complexity index is 798. The van der Waals surface area contributed by atoms with Crippen molar-refractivity contribution in [1.29, 1.82) is 5.26 Å². The highest BCUT2D eigenvalue weighted by Crippen LogP contribution is 2.29. The van der Waals surface area contributed by atoms with Gasteiger partial charge in [0.2, 0.25) is 0 Å². The minimum Gasteiger partial charge on any atom is -0.360 e. The predicted octanol–water partition coefficient (Wildman–Crippen LogP) is 4.59. The van der Waals surface area contributed by atoms with Crippen LogP contribution in [0.1, 0.15) is 0 Å². The average molecular weight is 350 g/mol. The summed E-state index contributed by atoms with van der Waals surface area (Å²) in [5.74, 6) is -1.03. The highest BCUT2D eigenvalue weighted by atomic mass is 35.5. The summed E-state index contributed by atoms with van der Waals surface area (Å²) in [7, 11) is 0. The second-order valence-corrected chi connectivity index (χ2v) is 5.16. The Morgan fingerprint density at radius 3 is 2.52 bits per heavy atom. The topological polar surface area (TPSA) is 64.9 Å². The zero-order chi connectivity index (χ0) is 16.8. The second-order valence-electron chi connectivity index (χ2n) is 4.38. The molecule has 23 heavy (non-hydrogen) atoms. The van der Waals surface area contributed by atoms with E-state index in [1.807, 2.05) is 0 Å². The molecule has 0 fully saturated rings. The molecule has 0 unspecified atom stereocenters. The largest absolute Gasteiger partial charge is 0.360 e. The van der Waals surface area contributed by atoms with Crippen molar-refractivity contribution in [2.45, 2.75) is 0 Å². The third-order valence-corrected chi connectivity index (χ3v) is 3.61. The lowest BCUT2D eigenvalue weighted by Crippen LogP contribution is -2.14. The summed E-state index contributed by atoms with van der Waals surface area (Å²) >= 11 is 11.8. The first kappa shape index (κ1) is 16.8. The summed E-state index contributed by atoms with van der Waals surface area (Å²) in [6.07, 6.45) is 1.22. The van der Waals surface area contributed by atoms with Gasteiger partial charge < -0.3 is 10.6 Å². The van der Waals surface area contributed by atoms with Crippen molar-refractivity contribution in [3.05, 3.63) is 70.1 Å². The summed E-state index contributed by atoms with van der Waals surface area (Å²) in [5.41, 5.74) is 0.658. The standard InChI is InChI=1S/C16H10Cl2FN3O/c17-13-2-1-3-14(15(13)18)22-16(23)10(8-20)9-21-12-6-4-11(19)5-7-12/h1-7,9,21H,(H,22,23)/b10-9-. The van der Waals surface area contributed by atoms with Crippen molar-refractivity contribution >= 4 is 40.5 Å². The molecule has 2 rings (SSSR count). The molecule has 0 aliphatic carbocycles. The number of halogens is 3. The third kappa shape index (κ3) is 4.46. The highest BCUT2D eigenvalue weighted by molar-refractivity contribution is 6.44. The van der Waals surface area contributed by atoms with Crippen LogP contribution in [-0.4, -0.2) is 5.91 Å². The van der Waals surface area contributed by atoms with Gasteiger partial charge in [0, 0.05) is 11.9 Å². The van der Waals surface area contributed by atoms with E-state index >= 15 is 0 Å². The van der Waals surface area contributed by atoms with Gasteiger partial charge in [-0.05, 0) is 36.4 Å². The van der Waals surface area contributed by atoms with Crippen LogP contribution in [0.25, 0.3) is 0 Å². The maximum absolute atomic E-state index is 12.8. The molecule has 0 aliphatic heterocycles. The number of carbonyl (C=O) groups excluding carboxylic acids is 1. The summed E-state index contributed by atoms with van der Waals surface area (Å²) in [5, 5.41) is 14.8. The molecule has 0 bridgehead atoms. The molecule has 0 spiro atoms. The maximum Gasteiger partial charge on any atom is 0.267 e. The maximum atomic E-state index is 12.8. The van der Waals surface area contributed by atoms with Gasteiger partial charge in [-0.25, -0.2) is 4.39 Å². The number of rotatable bonds is 4. The van der Waals surface area contributed by atoms with Gasteiger partial charge in [0.1, 0.15) is 17.5 Å². The zero-order valence-electron chi connectivity index (χ0n) is 11.6. The molecule has 2 aromatic carbocycles. The third-order valence-electron chi connectivity index (χ3n) is 2.79. The lowest BCUT2D eigenvalue weighted by Gasteiger charge is -2.08. The van der Waals surface area contributed by atoms with Gasteiger partial charge in [0.25, 0.3) is 5.91 Å². The van der Waals surface area contributed by atoms with E-state index < -0.39 is 5.91 Å². The molecular weight excluding hydrogens is 340 g/mol. The molecule has 0 saturated heterocycles. The van der Waals surface area contributed by atoms with Crippen LogP contribution in [0.4, 0.5) is 15.8 Å². The average Bonchev–Trinajstić information content (AvgIpc) is 2.54. The summed E-state index contributed by atoms with van der Waals surface area (Å²) in [4.78, 5) is 12.1. The van der Waals surface area contributed by atoms with E-state index in [-0.39, 0.29) is 21.4 Å². The van der Waals surface area contributed by atoms with Crippen LogP contribution in [0.15, 0.2) is 54.2 Å². The molecule has 0 atom stereocenters. The van der Waals surface area contributed by atoms with E-state index in [9.17, 15) is 9.18 Å². The number of benzene rings is 2.